The molecule has 0 aliphatic rings. The molecular formula is C27H22BrCl2F2N2O6PS. The van der Waals surface area contributed by atoms with Gasteiger partial charge in [0.2, 0.25) is 0 Å². The molecule has 222 valence electrons. The molecule has 0 aliphatic heterocycles. The molecule has 0 spiro atoms. The smallest absolute Gasteiger partial charge is 0.399 e. The Bertz CT molecular complexity index is 1700. The second-order valence-electron chi connectivity index (χ2n) is 9.54. The predicted octanol–water partition coefficient (Wildman–Crippen LogP) is 8.69. The molecule has 0 fully saturated rings. The van der Waals surface area contributed by atoms with Gasteiger partial charge in [0, 0.05) is 26.7 Å². The summed E-state index contributed by atoms with van der Waals surface area (Å²) in [5.41, 5.74) is -4.34. The monoisotopic (exact) mass is 720 g/mol. The molecule has 0 unspecified atom stereocenters. The van der Waals surface area contributed by atoms with Crippen LogP contribution >= 0.6 is 58.1 Å². The van der Waals surface area contributed by atoms with Crippen LogP contribution in [0.5, 0.6) is 5.75 Å². The van der Waals surface area contributed by atoms with Crippen molar-refractivity contribution in [2.75, 3.05) is 4.90 Å². The summed E-state index contributed by atoms with van der Waals surface area (Å²) >= 11 is 16.7. The van der Waals surface area contributed by atoms with Gasteiger partial charge in [-0.3, -0.25) is 4.57 Å². The van der Waals surface area contributed by atoms with Crippen molar-refractivity contribution in [2.45, 2.75) is 31.7 Å². The molecule has 0 atom stereocenters. The van der Waals surface area contributed by atoms with Gasteiger partial charge in [-0.2, -0.15) is 8.78 Å². The van der Waals surface area contributed by atoms with Crippen molar-refractivity contribution in [3.63, 3.8) is 0 Å². The molecule has 0 amide bonds. The van der Waals surface area contributed by atoms with E-state index >= 15 is 0 Å². The third-order valence-electron chi connectivity index (χ3n) is 6.02. The number of anilines is 2. The van der Waals surface area contributed by atoms with Crippen LogP contribution in [-0.2, 0) is 21.6 Å². The van der Waals surface area contributed by atoms with Gasteiger partial charge >= 0.3 is 19.2 Å². The number of carbonyl (C=O) groups is 1. The molecule has 0 bridgehead atoms. The fourth-order valence-electron chi connectivity index (χ4n) is 3.74. The SMILES string of the molecule is CC(C)(Oc1cccc(-c2csc(N(Cc3ccc(C(F)(F)P(=O)(O)O)c(Br)c3)c3ccc(Cl)c(Cl)c3)n2)c1)C(=O)O. The van der Waals surface area contributed by atoms with Crippen molar-refractivity contribution in [3.8, 4) is 17.0 Å². The molecule has 0 radical (unpaired) electrons. The van der Waals surface area contributed by atoms with E-state index in [1.807, 2.05) is 0 Å². The molecule has 1 heterocycles. The highest BCUT2D eigenvalue weighted by Gasteiger charge is 2.51. The molecule has 4 rings (SSSR count). The van der Waals surface area contributed by atoms with E-state index in [0.717, 1.165) is 6.07 Å². The lowest BCUT2D eigenvalue weighted by atomic mass is 10.1. The third kappa shape index (κ3) is 6.97. The second kappa shape index (κ2) is 12.2. The van der Waals surface area contributed by atoms with Crippen LogP contribution < -0.4 is 9.64 Å². The number of aliphatic carboxylic acids is 1. The van der Waals surface area contributed by atoms with Crippen LogP contribution in [0.25, 0.3) is 11.3 Å². The Balaban J connectivity index is 1.71. The molecule has 4 aromatic rings. The molecule has 1 aromatic heterocycles. The molecule has 8 nitrogen and oxygen atoms in total. The zero-order chi connectivity index (χ0) is 31.0. The van der Waals surface area contributed by atoms with Gasteiger partial charge in [0.25, 0.3) is 0 Å². The van der Waals surface area contributed by atoms with Gasteiger partial charge in [-0.05, 0) is 55.8 Å². The number of alkyl halides is 2. The highest BCUT2D eigenvalue weighted by molar-refractivity contribution is 9.10. The maximum atomic E-state index is 14.4. The highest BCUT2D eigenvalue weighted by atomic mass is 79.9. The minimum absolute atomic E-state index is 0.112. The van der Waals surface area contributed by atoms with Gasteiger partial charge in [-0.15, -0.1) is 11.3 Å². The quantitative estimate of drug-likeness (QED) is 0.139. The first-order valence-electron chi connectivity index (χ1n) is 11.9. The largest absolute Gasteiger partial charge is 0.478 e. The summed E-state index contributed by atoms with van der Waals surface area (Å²) in [6, 6.07) is 15.4. The van der Waals surface area contributed by atoms with Crippen molar-refractivity contribution >= 4 is 74.9 Å². The number of halogens is 5. The first-order valence-corrected chi connectivity index (χ1v) is 16.0. The average Bonchev–Trinajstić information content (AvgIpc) is 3.38. The van der Waals surface area contributed by atoms with Crippen LogP contribution in [0, 0.1) is 0 Å². The van der Waals surface area contributed by atoms with E-state index in [2.05, 4.69) is 15.9 Å². The van der Waals surface area contributed by atoms with Crippen molar-refractivity contribution in [1.29, 1.82) is 0 Å². The predicted molar refractivity (Wildman–Crippen MR) is 162 cm³/mol. The number of rotatable bonds is 10. The Morgan fingerprint density at radius 2 is 1.81 bits per heavy atom. The Labute approximate surface area is 261 Å². The van der Waals surface area contributed by atoms with E-state index in [4.69, 9.17) is 42.7 Å². The van der Waals surface area contributed by atoms with Crippen LogP contribution in [0.2, 0.25) is 10.0 Å². The maximum Gasteiger partial charge on any atom is 0.399 e. The third-order valence-corrected chi connectivity index (χ3v) is 9.25. The summed E-state index contributed by atoms with van der Waals surface area (Å²) in [7, 11) is -5.76. The molecule has 0 saturated carbocycles. The Morgan fingerprint density at radius 1 is 1.10 bits per heavy atom. The maximum absolute atomic E-state index is 14.4. The standard InChI is InChI=1S/C27H22BrCl2F2N2O6PS/c1-26(2,24(35)36)40-18-5-3-4-16(11-18)23-14-42-25(33-23)34(17-7-9-21(29)22(30)12-17)13-15-6-8-19(20(28)10-15)27(31,32)41(37,38)39/h3-12,14H,13H2,1-2H3,(H,35,36)(H2,37,38,39). The lowest BCUT2D eigenvalue weighted by Crippen LogP contribution is -2.37. The van der Waals surface area contributed by atoms with Crippen LogP contribution in [0.15, 0.2) is 70.5 Å². The van der Waals surface area contributed by atoms with Gasteiger partial charge in [0.05, 0.1) is 22.3 Å². The Morgan fingerprint density at radius 3 is 2.43 bits per heavy atom. The molecule has 42 heavy (non-hydrogen) atoms. The van der Waals surface area contributed by atoms with Crippen LogP contribution in [0.3, 0.4) is 0 Å². The number of benzene rings is 3. The van der Waals surface area contributed by atoms with E-state index in [0.29, 0.717) is 38.4 Å². The number of aromatic nitrogens is 1. The highest BCUT2D eigenvalue weighted by Crippen LogP contribution is 2.60. The number of hydrogen-bond acceptors (Lipinski definition) is 6. The van der Waals surface area contributed by atoms with Crippen molar-refractivity contribution in [3.05, 3.63) is 91.7 Å². The first kappa shape index (κ1) is 32.3. The number of hydrogen-bond donors (Lipinski definition) is 3. The van der Waals surface area contributed by atoms with Crippen LogP contribution in [0.1, 0.15) is 25.0 Å². The molecule has 0 saturated heterocycles. The second-order valence-corrected chi connectivity index (χ2v) is 13.7. The molecule has 3 aromatic carbocycles. The molecule has 0 aliphatic carbocycles. The zero-order valence-corrected chi connectivity index (χ0v) is 26.6. The summed E-state index contributed by atoms with van der Waals surface area (Å²) in [6.07, 6.45) is 0. The van der Waals surface area contributed by atoms with E-state index in [-0.39, 0.29) is 16.0 Å². The summed E-state index contributed by atoms with van der Waals surface area (Å²) < 4.78 is 45.6. The molecule has 15 heteroatoms. The first-order chi connectivity index (χ1) is 19.5. The average molecular weight is 722 g/mol. The zero-order valence-electron chi connectivity index (χ0n) is 21.8. The normalized spacial score (nSPS) is 12.3. The summed E-state index contributed by atoms with van der Waals surface area (Å²) in [5.74, 6) is -0.779. The summed E-state index contributed by atoms with van der Waals surface area (Å²) in [6.45, 7) is 2.99. The van der Waals surface area contributed by atoms with E-state index in [9.17, 15) is 23.2 Å². The van der Waals surface area contributed by atoms with Crippen molar-refractivity contribution < 1.29 is 37.8 Å². The van der Waals surface area contributed by atoms with Gasteiger partial charge < -0.3 is 24.5 Å². The topological polar surface area (TPSA) is 120 Å². The number of carboxylic acids is 1. The Kier molecular flexibility index (Phi) is 9.40. The fraction of sp³-hybridized carbons (Fsp3) is 0.185. The minimum atomic E-state index is -5.76. The van der Waals surface area contributed by atoms with Gasteiger partial charge in [0.15, 0.2) is 10.7 Å². The van der Waals surface area contributed by atoms with E-state index in [1.165, 1.54) is 37.3 Å². The fourth-order valence-corrected chi connectivity index (χ4v) is 6.22. The number of thiazole rings is 1. The Hall–Kier alpha value is -2.57. The van der Waals surface area contributed by atoms with E-state index in [1.54, 1.807) is 52.7 Å². The van der Waals surface area contributed by atoms with Gasteiger partial charge in [-0.1, -0.05) is 63.4 Å². The van der Waals surface area contributed by atoms with Gasteiger partial charge in [0.1, 0.15) is 5.75 Å². The molecular weight excluding hydrogens is 700 g/mol. The van der Waals surface area contributed by atoms with Crippen molar-refractivity contribution in [1.82, 2.24) is 4.98 Å². The number of ether oxygens (including phenoxy) is 1. The van der Waals surface area contributed by atoms with Crippen LogP contribution in [0.4, 0.5) is 19.6 Å². The van der Waals surface area contributed by atoms with E-state index < -0.39 is 30.4 Å². The lowest BCUT2D eigenvalue weighted by Gasteiger charge is -2.24. The number of nitrogens with zero attached hydrogens (tertiary/aromatic N) is 2. The number of carboxylic acid groups (broad SMARTS) is 1. The molecule has 3 N–H and O–H groups in total. The van der Waals surface area contributed by atoms with Crippen molar-refractivity contribution in [2.24, 2.45) is 0 Å². The lowest BCUT2D eigenvalue weighted by molar-refractivity contribution is -0.152. The summed E-state index contributed by atoms with van der Waals surface area (Å²) in [5, 5.41) is 12.3. The minimum Gasteiger partial charge on any atom is -0.478 e. The van der Waals surface area contributed by atoms with Crippen LogP contribution in [-0.4, -0.2) is 31.4 Å². The van der Waals surface area contributed by atoms with Gasteiger partial charge in [-0.25, -0.2) is 9.78 Å². The summed E-state index contributed by atoms with van der Waals surface area (Å²) in [4.78, 5) is 36.3.